The highest BCUT2D eigenvalue weighted by molar-refractivity contribution is 9.10. The van der Waals surface area contributed by atoms with Crippen molar-refractivity contribution in [1.82, 2.24) is 4.90 Å². The van der Waals surface area contributed by atoms with Crippen LogP contribution in [0.15, 0.2) is 16.6 Å². The average Bonchev–Trinajstić information content (AvgIpc) is 2.97. The molecule has 2 heterocycles. The lowest BCUT2D eigenvalue weighted by molar-refractivity contribution is -0.142. The lowest BCUT2D eigenvalue weighted by Gasteiger charge is -2.21. The smallest absolute Gasteiger partial charge is 0.320 e. The van der Waals surface area contributed by atoms with Crippen LogP contribution in [0.2, 0.25) is 0 Å². The van der Waals surface area contributed by atoms with E-state index in [0.29, 0.717) is 6.54 Å². The fourth-order valence-corrected chi connectivity index (χ4v) is 3.25. The molecule has 0 aromatic heterocycles. The van der Waals surface area contributed by atoms with Gasteiger partial charge in [-0.1, -0.05) is 0 Å². The van der Waals surface area contributed by atoms with Gasteiger partial charge in [0.25, 0.3) is 0 Å². The summed E-state index contributed by atoms with van der Waals surface area (Å²) < 4.78 is 11.6. The van der Waals surface area contributed by atoms with E-state index in [0.717, 1.165) is 40.9 Å². The third kappa shape index (κ3) is 2.42. The first-order chi connectivity index (χ1) is 9.15. The molecule has 1 fully saturated rings. The number of aliphatic carboxylic acids is 1. The van der Waals surface area contributed by atoms with Crippen LogP contribution < -0.4 is 9.47 Å². The van der Waals surface area contributed by atoms with E-state index in [9.17, 15) is 9.90 Å². The van der Waals surface area contributed by atoms with Crippen molar-refractivity contribution in [3.05, 3.63) is 22.2 Å². The number of carboxylic acid groups (broad SMARTS) is 1. The van der Waals surface area contributed by atoms with Gasteiger partial charge in [0, 0.05) is 6.54 Å². The summed E-state index contributed by atoms with van der Waals surface area (Å²) in [5.74, 6) is 0.702. The van der Waals surface area contributed by atoms with E-state index in [1.807, 2.05) is 17.0 Å². The molecule has 1 saturated heterocycles. The first kappa shape index (κ1) is 12.7. The van der Waals surface area contributed by atoms with Crippen LogP contribution in [0.25, 0.3) is 0 Å². The summed E-state index contributed by atoms with van der Waals surface area (Å²) in [5, 5.41) is 9.18. The van der Waals surface area contributed by atoms with Gasteiger partial charge in [0.15, 0.2) is 11.5 Å². The Balaban J connectivity index is 1.80. The third-order valence-electron chi connectivity index (χ3n) is 3.52. The van der Waals surface area contributed by atoms with E-state index in [1.54, 1.807) is 0 Å². The molecule has 1 atom stereocenters. The number of carbonyl (C=O) groups is 1. The van der Waals surface area contributed by atoms with E-state index in [1.165, 1.54) is 0 Å². The molecular formula is C13H14BrNO4. The van der Waals surface area contributed by atoms with E-state index in [2.05, 4.69) is 15.9 Å². The minimum absolute atomic E-state index is 0.235. The Bertz CT molecular complexity index is 520. The topological polar surface area (TPSA) is 59.0 Å². The van der Waals surface area contributed by atoms with Crippen molar-refractivity contribution in [2.75, 3.05) is 13.3 Å². The second kappa shape index (κ2) is 5.02. The van der Waals surface area contributed by atoms with Crippen LogP contribution in [0.4, 0.5) is 0 Å². The number of ether oxygens (including phenoxy) is 2. The monoisotopic (exact) mass is 327 g/mol. The quantitative estimate of drug-likeness (QED) is 0.922. The van der Waals surface area contributed by atoms with Gasteiger partial charge in [0.2, 0.25) is 6.79 Å². The highest BCUT2D eigenvalue weighted by Crippen LogP contribution is 2.40. The summed E-state index contributed by atoms with van der Waals surface area (Å²) in [4.78, 5) is 13.2. The number of hydrogen-bond acceptors (Lipinski definition) is 4. The zero-order valence-corrected chi connectivity index (χ0v) is 11.9. The second-order valence-corrected chi connectivity index (χ2v) is 5.63. The van der Waals surface area contributed by atoms with Gasteiger partial charge in [0.05, 0.1) is 4.47 Å². The zero-order chi connectivity index (χ0) is 13.4. The maximum Gasteiger partial charge on any atom is 0.320 e. The molecule has 0 radical (unpaired) electrons. The van der Waals surface area contributed by atoms with Crippen LogP contribution in [0.3, 0.4) is 0 Å². The Labute approximate surface area is 119 Å². The van der Waals surface area contributed by atoms with Gasteiger partial charge in [0.1, 0.15) is 6.04 Å². The van der Waals surface area contributed by atoms with Crippen LogP contribution in [-0.2, 0) is 11.3 Å². The van der Waals surface area contributed by atoms with Crippen molar-refractivity contribution in [3.63, 3.8) is 0 Å². The van der Waals surface area contributed by atoms with E-state index in [-0.39, 0.29) is 12.8 Å². The molecule has 3 rings (SSSR count). The van der Waals surface area contributed by atoms with Gasteiger partial charge >= 0.3 is 5.97 Å². The lowest BCUT2D eigenvalue weighted by Crippen LogP contribution is -2.35. The molecule has 102 valence electrons. The summed E-state index contributed by atoms with van der Waals surface area (Å²) in [6, 6.07) is 3.51. The van der Waals surface area contributed by atoms with Gasteiger partial charge < -0.3 is 14.6 Å². The number of likely N-dealkylation sites (tertiary alicyclic amines) is 1. The molecule has 5 nitrogen and oxygen atoms in total. The summed E-state index contributed by atoms with van der Waals surface area (Å²) in [6.07, 6.45) is 1.66. The van der Waals surface area contributed by atoms with Gasteiger partial charge in [-0.05, 0) is 53.0 Å². The first-order valence-electron chi connectivity index (χ1n) is 6.20. The van der Waals surface area contributed by atoms with Crippen molar-refractivity contribution < 1.29 is 19.4 Å². The highest BCUT2D eigenvalue weighted by Gasteiger charge is 2.30. The number of halogens is 1. The molecule has 0 amide bonds. The number of benzene rings is 1. The lowest BCUT2D eigenvalue weighted by atomic mass is 10.1. The molecule has 0 bridgehead atoms. The molecule has 1 aromatic rings. The van der Waals surface area contributed by atoms with Gasteiger partial charge in [-0.3, -0.25) is 9.69 Å². The van der Waals surface area contributed by atoms with Crippen LogP contribution >= 0.6 is 15.9 Å². The molecule has 0 saturated carbocycles. The van der Waals surface area contributed by atoms with Crippen molar-refractivity contribution in [2.45, 2.75) is 25.4 Å². The first-order valence-corrected chi connectivity index (χ1v) is 6.99. The minimum atomic E-state index is -0.739. The summed E-state index contributed by atoms with van der Waals surface area (Å²) in [7, 11) is 0. The molecule has 1 unspecified atom stereocenters. The van der Waals surface area contributed by atoms with Crippen molar-refractivity contribution in [2.24, 2.45) is 0 Å². The van der Waals surface area contributed by atoms with Crippen LogP contribution in [0.1, 0.15) is 18.4 Å². The van der Waals surface area contributed by atoms with Gasteiger partial charge in [-0.2, -0.15) is 0 Å². The average molecular weight is 328 g/mol. The number of nitrogens with zero attached hydrogens (tertiary/aromatic N) is 1. The van der Waals surface area contributed by atoms with Crippen LogP contribution in [-0.4, -0.2) is 35.4 Å². The highest BCUT2D eigenvalue weighted by atomic mass is 79.9. The van der Waals surface area contributed by atoms with Crippen molar-refractivity contribution >= 4 is 21.9 Å². The molecule has 19 heavy (non-hydrogen) atoms. The molecule has 6 heteroatoms. The minimum Gasteiger partial charge on any atom is -0.480 e. The van der Waals surface area contributed by atoms with E-state index >= 15 is 0 Å². The van der Waals surface area contributed by atoms with Gasteiger partial charge in [-0.25, -0.2) is 0 Å². The summed E-state index contributed by atoms with van der Waals surface area (Å²) >= 11 is 3.45. The zero-order valence-electron chi connectivity index (χ0n) is 10.3. The molecule has 0 spiro atoms. The maximum atomic E-state index is 11.2. The maximum absolute atomic E-state index is 11.2. The molecule has 0 aliphatic carbocycles. The molecule has 2 aliphatic rings. The summed E-state index contributed by atoms with van der Waals surface area (Å²) in [6.45, 7) is 1.67. The molecule has 1 aromatic carbocycles. The van der Waals surface area contributed by atoms with Gasteiger partial charge in [-0.15, -0.1) is 0 Å². The number of fused-ring (bicyclic) bond motifs is 1. The number of carboxylic acids is 1. The number of rotatable bonds is 3. The second-order valence-electron chi connectivity index (χ2n) is 4.78. The molecule has 1 N–H and O–H groups in total. The normalized spacial score (nSPS) is 21.8. The van der Waals surface area contributed by atoms with Crippen LogP contribution in [0, 0.1) is 0 Å². The predicted molar refractivity (Wildman–Crippen MR) is 71.3 cm³/mol. The van der Waals surface area contributed by atoms with Crippen LogP contribution in [0.5, 0.6) is 11.5 Å². The molecule has 2 aliphatic heterocycles. The van der Waals surface area contributed by atoms with E-state index < -0.39 is 5.97 Å². The summed E-state index contributed by atoms with van der Waals surface area (Å²) in [5.41, 5.74) is 1.03. The fraction of sp³-hybridized carbons (Fsp3) is 0.462. The molecular weight excluding hydrogens is 314 g/mol. The Morgan fingerprint density at radius 3 is 3.11 bits per heavy atom. The largest absolute Gasteiger partial charge is 0.480 e. The van der Waals surface area contributed by atoms with Crippen molar-refractivity contribution in [1.29, 1.82) is 0 Å². The Kier molecular flexibility index (Phi) is 3.36. The Hall–Kier alpha value is -1.27. The van der Waals surface area contributed by atoms with Crippen molar-refractivity contribution in [3.8, 4) is 11.5 Å². The number of hydrogen-bond donors (Lipinski definition) is 1. The Morgan fingerprint density at radius 1 is 1.47 bits per heavy atom. The van der Waals surface area contributed by atoms with E-state index in [4.69, 9.17) is 9.47 Å². The SMILES string of the molecule is O=C(O)C1CCCN1Cc1cc(Br)c2c(c1)OCO2. The Morgan fingerprint density at radius 2 is 2.32 bits per heavy atom. The fourth-order valence-electron chi connectivity index (χ4n) is 2.64. The predicted octanol–water partition coefficient (Wildman–Crippen LogP) is 2.23. The third-order valence-corrected chi connectivity index (χ3v) is 4.11. The standard InChI is InChI=1S/C13H14BrNO4/c14-9-4-8(5-11-12(9)19-7-18-11)6-15-3-1-2-10(15)13(16)17/h4-5,10H,1-3,6-7H2,(H,16,17).